The largest absolute Gasteiger partial charge is 0.423 e. The summed E-state index contributed by atoms with van der Waals surface area (Å²) in [7, 11) is 0. The fourth-order valence-corrected chi connectivity index (χ4v) is 1.36. The summed E-state index contributed by atoms with van der Waals surface area (Å²) in [5.41, 5.74) is 0. The lowest BCUT2D eigenvalue weighted by molar-refractivity contribution is -0.135. The molecule has 0 bridgehead atoms. The van der Waals surface area contributed by atoms with E-state index in [1.54, 1.807) is 0 Å². The van der Waals surface area contributed by atoms with E-state index in [0.29, 0.717) is 0 Å². The predicted octanol–water partition coefficient (Wildman–Crippen LogP) is 1.92. The van der Waals surface area contributed by atoms with Crippen LogP contribution in [-0.2, 0) is 14.4 Å². The van der Waals surface area contributed by atoms with Gasteiger partial charge in [0.05, 0.1) is 5.02 Å². The van der Waals surface area contributed by atoms with Gasteiger partial charge in [-0.15, -0.1) is 0 Å². The van der Waals surface area contributed by atoms with Gasteiger partial charge in [-0.3, -0.25) is 14.4 Å². The van der Waals surface area contributed by atoms with Gasteiger partial charge in [0.15, 0.2) is 11.5 Å². The number of carbonyl (C=O) groups is 3. The van der Waals surface area contributed by atoms with Crippen molar-refractivity contribution in [2.24, 2.45) is 0 Å². The third-order valence-corrected chi connectivity index (χ3v) is 1.99. The van der Waals surface area contributed by atoms with E-state index in [-0.39, 0.29) is 22.3 Å². The number of ether oxygens (including phenoxy) is 3. The Morgan fingerprint density at radius 2 is 1.42 bits per heavy atom. The van der Waals surface area contributed by atoms with Crippen LogP contribution < -0.4 is 14.2 Å². The van der Waals surface area contributed by atoms with Gasteiger partial charge < -0.3 is 14.2 Å². The van der Waals surface area contributed by atoms with E-state index in [9.17, 15) is 14.4 Å². The van der Waals surface area contributed by atoms with Crippen LogP contribution in [0.1, 0.15) is 20.8 Å². The Morgan fingerprint density at radius 1 is 0.947 bits per heavy atom. The maximum Gasteiger partial charge on any atom is 0.308 e. The van der Waals surface area contributed by atoms with Gasteiger partial charge in [-0.2, -0.15) is 0 Å². The summed E-state index contributed by atoms with van der Waals surface area (Å²) in [5.74, 6) is -2.61. The standard InChI is InChI=1S/C12H10ClO6/c1-6(14)17-10-5-4-9(13)11(18-7(2)15)12(10)19-8(3)16/h5H,1-3H3. The molecule has 19 heavy (non-hydrogen) atoms. The van der Waals surface area contributed by atoms with Crippen LogP contribution in [0.3, 0.4) is 0 Å². The maximum atomic E-state index is 11.0. The molecule has 1 aromatic rings. The first-order valence-corrected chi connectivity index (χ1v) is 5.48. The van der Waals surface area contributed by atoms with E-state index in [1.165, 1.54) is 6.07 Å². The van der Waals surface area contributed by atoms with E-state index in [4.69, 9.17) is 25.8 Å². The van der Waals surface area contributed by atoms with Gasteiger partial charge in [0.2, 0.25) is 5.75 Å². The number of halogens is 1. The van der Waals surface area contributed by atoms with E-state index < -0.39 is 17.9 Å². The average molecular weight is 286 g/mol. The molecule has 0 atom stereocenters. The van der Waals surface area contributed by atoms with Crippen molar-refractivity contribution >= 4 is 29.5 Å². The second-order valence-corrected chi connectivity index (χ2v) is 3.78. The van der Waals surface area contributed by atoms with E-state index in [1.807, 2.05) is 0 Å². The molecule has 0 saturated heterocycles. The van der Waals surface area contributed by atoms with Crippen molar-refractivity contribution in [1.29, 1.82) is 0 Å². The second kappa shape index (κ2) is 6.19. The first-order chi connectivity index (χ1) is 8.81. The minimum atomic E-state index is -0.691. The molecular weight excluding hydrogens is 276 g/mol. The van der Waals surface area contributed by atoms with E-state index in [0.717, 1.165) is 20.8 Å². The zero-order chi connectivity index (χ0) is 14.6. The highest BCUT2D eigenvalue weighted by atomic mass is 35.5. The second-order valence-electron chi connectivity index (χ2n) is 3.41. The summed E-state index contributed by atoms with van der Waals surface area (Å²) < 4.78 is 14.5. The lowest BCUT2D eigenvalue weighted by Gasteiger charge is -2.13. The minimum absolute atomic E-state index is 0.0812. The highest BCUT2D eigenvalue weighted by molar-refractivity contribution is 6.32. The molecule has 0 aliphatic heterocycles. The fourth-order valence-electron chi connectivity index (χ4n) is 1.18. The molecule has 0 aliphatic carbocycles. The lowest BCUT2D eigenvalue weighted by Crippen LogP contribution is -2.10. The van der Waals surface area contributed by atoms with Crippen LogP contribution in [0, 0.1) is 6.07 Å². The number of benzene rings is 1. The Kier molecular flexibility index (Phi) is 4.88. The number of rotatable bonds is 3. The maximum absolute atomic E-state index is 11.0. The Bertz CT molecular complexity index is 537. The third-order valence-electron chi connectivity index (χ3n) is 1.70. The lowest BCUT2D eigenvalue weighted by atomic mass is 10.3. The molecule has 0 aliphatic rings. The Labute approximate surface area is 114 Å². The fraction of sp³-hybridized carbons (Fsp3) is 0.250. The van der Waals surface area contributed by atoms with Crippen LogP contribution in [0.15, 0.2) is 6.07 Å². The van der Waals surface area contributed by atoms with Gasteiger partial charge in [0.25, 0.3) is 0 Å². The van der Waals surface area contributed by atoms with Gasteiger partial charge in [0.1, 0.15) is 0 Å². The van der Waals surface area contributed by atoms with Crippen LogP contribution >= 0.6 is 11.6 Å². The Hall–Kier alpha value is -2.08. The van der Waals surface area contributed by atoms with E-state index in [2.05, 4.69) is 6.07 Å². The molecule has 1 rings (SSSR count). The van der Waals surface area contributed by atoms with Crippen molar-refractivity contribution in [3.63, 3.8) is 0 Å². The van der Waals surface area contributed by atoms with Gasteiger partial charge in [0, 0.05) is 26.8 Å². The smallest absolute Gasteiger partial charge is 0.308 e. The summed E-state index contributed by atoms with van der Waals surface area (Å²) >= 11 is 5.80. The summed E-state index contributed by atoms with van der Waals surface area (Å²) in [6.07, 6.45) is 0. The van der Waals surface area contributed by atoms with Crippen LogP contribution in [0.25, 0.3) is 0 Å². The van der Waals surface area contributed by atoms with Gasteiger partial charge in [-0.1, -0.05) is 11.6 Å². The molecule has 0 aromatic heterocycles. The molecule has 1 aromatic carbocycles. The molecule has 0 heterocycles. The van der Waals surface area contributed by atoms with Crippen molar-refractivity contribution in [3.05, 3.63) is 17.2 Å². The average Bonchev–Trinajstić information content (AvgIpc) is 2.25. The Balaban J connectivity index is 3.35. The normalized spacial score (nSPS) is 9.68. The highest BCUT2D eigenvalue weighted by Crippen LogP contribution is 2.42. The van der Waals surface area contributed by atoms with Crippen molar-refractivity contribution in [2.45, 2.75) is 20.8 Å². The van der Waals surface area contributed by atoms with Crippen molar-refractivity contribution in [1.82, 2.24) is 0 Å². The van der Waals surface area contributed by atoms with Crippen LogP contribution in [0.4, 0.5) is 0 Å². The highest BCUT2D eigenvalue weighted by Gasteiger charge is 2.21. The molecule has 7 heteroatoms. The Morgan fingerprint density at radius 3 is 1.89 bits per heavy atom. The van der Waals surface area contributed by atoms with E-state index >= 15 is 0 Å². The zero-order valence-corrected chi connectivity index (χ0v) is 11.2. The molecule has 0 unspecified atom stereocenters. The van der Waals surface area contributed by atoms with Gasteiger partial charge >= 0.3 is 17.9 Å². The van der Waals surface area contributed by atoms with Crippen LogP contribution in [0.2, 0.25) is 5.02 Å². The molecule has 0 N–H and O–H groups in total. The summed E-state index contributed by atoms with van der Waals surface area (Å²) in [4.78, 5) is 33.0. The molecule has 101 valence electrons. The van der Waals surface area contributed by atoms with Crippen molar-refractivity contribution < 1.29 is 28.6 Å². The molecule has 0 saturated carbocycles. The predicted molar refractivity (Wildman–Crippen MR) is 64.2 cm³/mol. The van der Waals surface area contributed by atoms with Crippen LogP contribution in [0.5, 0.6) is 17.2 Å². The number of hydrogen-bond donors (Lipinski definition) is 0. The summed E-state index contributed by atoms with van der Waals surface area (Å²) in [5, 5.41) is -0.0812. The SMILES string of the molecule is CC(=O)Oc1c[c]c(Cl)c(OC(C)=O)c1OC(C)=O. The summed E-state index contributed by atoms with van der Waals surface area (Å²) in [6, 6.07) is 3.72. The third kappa shape index (κ3) is 4.26. The van der Waals surface area contributed by atoms with Gasteiger partial charge in [-0.25, -0.2) is 0 Å². The number of esters is 3. The van der Waals surface area contributed by atoms with Crippen LogP contribution in [-0.4, -0.2) is 17.9 Å². The van der Waals surface area contributed by atoms with Crippen molar-refractivity contribution in [3.8, 4) is 17.2 Å². The molecule has 0 amide bonds. The number of hydrogen-bond acceptors (Lipinski definition) is 6. The topological polar surface area (TPSA) is 78.9 Å². The molecule has 1 radical (unpaired) electrons. The molecule has 6 nitrogen and oxygen atoms in total. The zero-order valence-electron chi connectivity index (χ0n) is 10.4. The molecular formula is C12H10ClO6. The van der Waals surface area contributed by atoms with Crippen molar-refractivity contribution in [2.75, 3.05) is 0 Å². The quantitative estimate of drug-likeness (QED) is 0.623. The molecule has 0 spiro atoms. The monoisotopic (exact) mass is 285 g/mol. The summed E-state index contributed by atoms with van der Waals surface area (Å²) in [6.45, 7) is 3.45. The number of carbonyl (C=O) groups excluding carboxylic acids is 3. The molecule has 0 fully saturated rings. The first-order valence-electron chi connectivity index (χ1n) is 5.10. The minimum Gasteiger partial charge on any atom is -0.423 e. The van der Waals surface area contributed by atoms with Gasteiger partial charge in [-0.05, 0) is 6.07 Å². The first kappa shape index (κ1) is 15.0.